The molecule has 8 aromatic rings. The quantitative estimate of drug-likeness (QED) is 0.207. The van der Waals surface area contributed by atoms with Crippen LogP contribution in [0.15, 0.2) is 164 Å². The Morgan fingerprint density at radius 3 is 1.71 bits per heavy atom. The second-order valence-corrected chi connectivity index (χ2v) is 10.3. The summed E-state index contributed by atoms with van der Waals surface area (Å²) in [5.41, 5.74) is 2.71. The number of rotatable bonds is 4. The predicted molar refractivity (Wildman–Crippen MR) is 177 cm³/mol. The molecule has 0 spiro atoms. The van der Waals surface area contributed by atoms with Crippen LogP contribution < -0.4 is 4.90 Å². The molecule has 0 unspecified atom stereocenters. The summed E-state index contributed by atoms with van der Waals surface area (Å²) in [4.78, 5) is 1.88. The zero-order valence-corrected chi connectivity index (χ0v) is 22.2. The number of anilines is 3. The minimum atomic E-state index is -0.0919. The molecule has 0 bridgehead atoms. The highest BCUT2D eigenvalue weighted by molar-refractivity contribution is 6.14. The molecule has 0 heterocycles. The van der Waals surface area contributed by atoms with Crippen molar-refractivity contribution in [1.29, 1.82) is 0 Å². The molecule has 1 heteroatoms. The van der Waals surface area contributed by atoms with Crippen molar-refractivity contribution >= 4 is 60.2 Å². The summed E-state index contributed by atoms with van der Waals surface area (Å²) in [6.07, 6.45) is 0. The Morgan fingerprint density at radius 1 is 0.366 bits per heavy atom. The van der Waals surface area contributed by atoms with Crippen LogP contribution in [0.3, 0.4) is 0 Å². The van der Waals surface area contributed by atoms with Gasteiger partial charge in [0.05, 0.1) is 11.2 Å². The molecular weight excluding hydrogens is 494 g/mol. The van der Waals surface area contributed by atoms with Crippen LogP contribution in [0.1, 0.15) is 5.48 Å². The molecule has 1 nitrogen and oxygen atoms in total. The molecule has 0 atom stereocenters. The molecule has 8 aromatic carbocycles. The number of nitrogens with zero attached hydrogens (tertiary/aromatic N) is 1. The largest absolute Gasteiger partial charge is 0.310 e. The first-order chi connectivity index (χ1) is 22.0. The van der Waals surface area contributed by atoms with E-state index >= 15 is 0 Å². The molecule has 0 saturated carbocycles. The smallest absolute Gasteiger partial charge is 0.0645 e. The number of hydrogen-bond acceptors (Lipinski definition) is 1. The van der Waals surface area contributed by atoms with Gasteiger partial charge >= 0.3 is 0 Å². The second-order valence-electron chi connectivity index (χ2n) is 10.3. The van der Waals surface area contributed by atoms with Gasteiger partial charge in [-0.25, -0.2) is 0 Å². The van der Waals surface area contributed by atoms with Crippen LogP contribution in [0.5, 0.6) is 0 Å². The topological polar surface area (TPSA) is 3.24 Å². The van der Waals surface area contributed by atoms with Crippen LogP contribution in [-0.2, 0) is 0 Å². The molecule has 0 radical (unpaired) electrons. The molecule has 0 saturated heterocycles. The molecule has 0 amide bonds. The van der Waals surface area contributed by atoms with Crippen molar-refractivity contribution in [2.45, 2.75) is 0 Å². The van der Waals surface area contributed by atoms with Gasteiger partial charge in [0.1, 0.15) is 0 Å². The highest BCUT2D eigenvalue weighted by atomic mass is 15.1. The standard InChI is InChI=1S/C40H27N/c1-2-12-33(13-3-1)41(40-27-31-11-5-7-15-36(31)38-16-8-9-17-39(38)40)34-23-20-28(21-24-34)30-22-25-37-32(26-30)19-18-29-10-4-6-14-35(29)37/h1-27H/i20D,21D,23D,24D. The maximum absolute atomic E-state index is 9.36. The van der Waals surface area contributed by atoms with E-state index in [9.17, 15) is 5.48 Å². The van der Waals surface area contributed by atoms with Crippen LogP contribution in [-0.4, -0.2) is 0 Å². The summed E-state index contributed by atoms with van der Waals surface area (Å²) >= 11 is 0. The van der Waals surface area contributed by atoms with E-state index < -0.39 is 0 Å². The summed E-state index contributed by atoms with van der Waals surface area (Å²) in [6, 6.07) is 46.0. The van der Waals surface area contributed by atoms with Crippen LogP contribution in [0.4, 0.5) is 17.1 Å². The van der Waals surface area contributed by atoms with Gasteiger partial charge in [0.15, 0.2) is 0 Å². The van der Waals surface area contributed by atoms with Crippen molar-refractivity contribution < 1.29 is 5.48 Å². The molecule has 0 aliphatic heterocycles. The van der Waals surface area contributed by atoms with Crippen molar-refractivity contribution in [2.24, 2.45) is 0 Å². The Morgan fingerprint density at radius 2 is 0.927 bits per heavy atom. The maximum atomic E-state index is 9.36. The summed E-state index contributed by atoms with van der Waals surface area (Å²) in [5.74, 6) is 0. The minimum Gasteiger partial charge on any atom is -0.310 e. The van der Waals surface area contributed by atoms with Crippen LogP contribution in [0.2, 0.25) is 0 Å². The Hall–Kier alpha value is -5.40. The van der Waals surface area contributed by atoms with E-state index in [2.05, 4.69) is 48.5 Å². The van der Waals surface area contributed by atoms with E-state index in [1.54, 1.807) is 0 Å². The molecular formula is C40H27N. The number of hydrogen-bond donors (Lipinski definition) is 0. The second kappa shape index (κ2) is 9.66. The first-order valence-corrected chi connectivity index (χ1v) is 13.8. The molecule has 0 fully saturated rings. The summed E-state index contributed by atoms with van der Waals surface area (Å²) in [7, 11) is 0. The average molecular weight is 526 g/mol. The molecule has 41 heavy (non-hydrogen) atoms. The number of para-hydroxylation sites is 1. The lowest BCUT2D eigenvalue weighted by atomic mass is 9.97. The van der Waals surface area contributed by atoms with Gasteiger partial charge in [0, 0.05) is 16.8 Å². The van der Waals surface area contributed by atoms with Crippen molar-refractivity contribution in [3.63, 3.8) is 0 Å². The van der Waals surface area contributed by atoms with Gasteiger partial charge in [0.25, 0.3) is 0 Å². The van der Waals surface area contributed by atoms with Gasteiger partial charge in [-0.05, 0) is 85.2 Å². The van der Waals surface area contributed by atoms with E-state index in [4.69, 9.17) is 0 Å². The first-order valence-electron chi connectivity index (χ1n) is 15.8. The molecule has 0 N–H and O–H groups in total. The van der Waals surface area contributed by atoms with Gasteiger partial charge in [0.2, 0.25) is 0 Å². The van der Waals surface area contributed by atoms with Gasteiger partial charge in [-0.3, -0.25) is 0 Å². The van der Waals surface area contributed by atoms with Gasteiger partial charge < -0.3 is 4.90 Å². The molecule has 0 aliphatic rings. The van der Waals surface area contributed by atoms with E-state index in [0.717, 1.165) is 54.5 Å². The van der Waals surface area contributed by atoms with Crippen molar-refractivity contribution in [3.8, 4) is 11.1 Å². The van der Waals surface area contributed by atoms with Crippen molar-refractivity contribution in [2.75, 3.05) is 4.90 Å². The molecule has 8 rings (SSSR count). The fourth-order valence-electron chi connectivity index (χ4n) is 5.92. The third-order valence-electron chi connectivity index (χ3n) is 7.87. The monoisotopic (exact) mass is 525 g/mol. The van der Waals surface area contributed by atoms with Crippen LogP contribution in [0, 0.1) is 0 Å². The SMILES string of the molecule is [2H]c1c([2H])c(N(c2ccccc2)c2cc3ccccc3c3ccccc23)c([2H])c([2H])c1-c1ccc2c(ccc3ccccc32)c1. The molecule has 192 valence electrons. The number of fused-ring (bicyclic) bond motifs is 6. The zero-order chi connectivity index (χ0) is 30.7. The fourth-order valence-corrected chi connectivity index (χ4v) is 5.92. The fraction of sp³-hybridized carbons (Fsp3) is 0. The van der Waals surface area contributed by atoms with E-state index in [0.29, 0.717) is 11.1 Å². The number of benzene rings is 8. The highest BCUT2D eigenvalue weighted by Gasteiger charge is 2.17. The summed E-state index contributed by atoms with van der Waals surface area (Å²) in [5, 5.41) is 8.52. The first kappa shape index (κ1) is 19.6. The third kappa shape index (κ3) is 4.02. The van der Waals surface area contributed by atoms with E-state index in [1.807, 2.05) is 95.9 Å². The lowest BCUT2D eigenvalue weighted by molar-refractivity contribution is 1.30. The van der Waals surface area contributed by atoms with E-state index in [1.165, 1.54) is 0 Å². The van der Waals surface area contributed by atoms with Crippen LogP contribution in [0.25, 0.3) is 54.2 Å². The Kier molecular flexibility index (Phi) is 4.62. The summed E-state index contributed by atoms with van der Waals surface area (Å²) in [6.45, 7) is 0. The van der Waals surface area contributed by atoms with Gasteiger partial charge in [-0.1, -0.05) is 127 Å². The van der Waals surface area contributed by atoms with Crippen molar-refractivity contribution in [1.82, 2.24) is 0 Å². The summed E-state index contributed by atoms with van der Waals surface area (Å²) < 4.78 is 37.2. The molecule has 0 aromatic heterocycles. The normalized spacial score (nSPS) is 12.8. The lowest BCUT2D eigenvalue weighted by Gasteiger charge is -2.27. The Bertz CT molecular complexity index is 2410. The maximum Gasteiger partial charge on any atom is 0.0645 e. The van der Waals surface area contributed by atoms with Gasteiger partial charge in [-0.2, -0.15) is 0 Å². The predicted octanol–water partition coefficient (Wildman–Crippen LogP) is 11.4. The lowest BCUT2D eigenvalue weighted by Crippen LogP contribution is -2.10. The van der Waals surface area contributed by atoms with Gasteiger partial charge in [-0.15, -0.1) is 0 Å². The third-order valence-corrected chi connectivity index (χ3v) is 7.87. The minimum absolute atomic E-state index is 0.0721. The van der Waals surface area contributed by atoms with Crippen molar-refractivity contribution in [3.05, 3.63) is 164 Å². The van der Waals surface area contributed by atoms with Crippen LogP contribution >= 0.6 is 0 Å². The Labute approximate surface area is 245 Å². The molecule has 0 aliphatic carbocycles. The zero-order valence-electron chi connectivity index (χ0n) is 26.2. The average Bonchev–Trinajstić information content (AvgIpc) is 3.09. The highest BCUT2D eigenvalue weighted by Crippen LogP contribution is 2.42. The van der Waals surface area contributed by atoms with E-state index in [-0.39, 0.29) is 29.9 Å². The Balaban J connectivity index is 1.38.